The van der Waals surface area contributed by atoms with Gasteiger partial charge in [0.2, 0.25) is 0 Å². The topological polar surface area (TPSA) is 82.0 Å². The highest BCUT2D eigenvalue weighted by molar-refractivity contribution is 5.52. The van der Waals surface area contributed by atoms with E-state index in [1.165, 1.54) is 7.11 Å². The minimum absolute atomic E-state index is 0.0315. The molecular formula is C16H21NO4. The molecule has 1 aliphatic carbocycles. The largest absolute Gasteiger partial charge is 0.504 e. The zero-order valence-electron chi connectivity index (χ0n) is 12.0. The van der Waals surface area contributed by atoms with Crippen molar-refractivity contribution < 1.29 is 20.1 Å². The Morgan fingerprint density at radius 2 is 2.24 bits per heavy atom. The van der Waals surface area contributed by atoms with E-state index in [-0.39, 0.29) is 23.8 Å². The minimum Gasteiger partial charge on any atom is -0.504 e. The predicted molar refractivity (Wildman–Crippen MR) is 78.4 cm³/mol. The van der Waals surface area contributed by atoms with Crippen molar-refractivity contribution >= 4 is 0 Å². The molecule has 0 amide bonds. The van der Waals surface area contributed by atoms with Crippen LogP contribution in [0.2, 0.25) is 0 Å². The zero-order valence-corrected chi connectivity index (χ0v) is 12.0. The quantitative estimate of drug-likeness (QED) is 0.620. The number of methoxy groups -OCH3 is 1. The molecule has 1 fully saturated rings. The molecule has 1 aromatic carbocycles. The van der Waals surface area contributed by atoms with Gasteiger partial charge in [0, 0.05) is 11.5 Å². The highest BCUT2D eigenvalue weighted by Gasteiger charge is 2.46. The summed E-state index contributed by atoms with van der Waals surface area (Å²) in [4.78, 5) is 0. The average molecular weight is 291 g/mol. The van der Waals surface area contributed by atoms with Crippen molar-refractivity contribution in [3.8, 4) is 11.5 Å². The number of hydrogen-bond donors (Lipinski definition) is 4. The van der Waals surface area contributed by atoms with Crippen molar-refractivity contribution in [2.75, 3.05) is 13.7 Å². The standard InChI is InChI=1S/C16H21NO4/c1-21-14-8-12(10(9-18)6-13(14)20)16-3-2-11(19)7-15(16)17-5-4-16/h2-3,6,8,11,15,17-20H,4-5,7,9H2,1H3. The lowest BCUT2D eigenvalue weighted by atomic mass is 9.68. The Bertz CT molecular complexity index is 572. The Hall–Kier alpha value is -1.56. The molecule has 0 aromatic heterocycles. The molecule has 21 heavy (non-hydrogen) atoms. The van der Waals surface area contributed by atoms with Crippen molar-refractivity contribution in [2.45, 2.75) is 37.0 Å². The lowest BCUT2D eigenvalue weighted by Gasteiger charge is -2.38. The Balaban J connectivity index is 2.16. The van der Waals surface area contributed by atoms with Crippen LogP contribution in [-0.2, 0) is 12.0 Å². The van der Waals surface area contributed by atoms with Crippen LogP contribution in [0.25, 0.3) is 0 Å². The van der Waals surface area contributed by atoms with Gasteiger partial charge in [0.15, 0.2) is 11.5 Å². The van der Waals surface area contributed by atoms with Crippen LogP contribution >= 0.6 is 0 Å². The van der Waals surface area contributed by atoms with E-state index in [1.807, 2.05) is 18.2 Å². The summed E-state index contributed by atoms with van der Waals surface area (Å²) in [6.45, 7) is 0.716. The van der Waals surface area contributed by atoms with Crippen molar-refractivity contribution in [2.24, 2.45) is 0 Å². The number of aliphatic hydroxyl groups excluding tert-OH is 2. The summed E-state index contributed by atoms with van der Waals surface area (Å²) < 4.78 is 5.22. The summed E-state index contributed by atoms with van der Waals surface area (Å²) in [6.07, 6.45) is 4.96. The van der Waals surface area contributed by atoms with Crippen molar-refractivity contribution in [1.29, 1.82) is 0 Å². The maximum Gasteiger partial charge on any atom is 0.160 e. The van der Waals surface area contributed by atoms with E-state index in [4.69, 9.17) is 4.74 Å². The fourth-order valence-electron chi connectivity index (χ4n) is 3.66. The molecule has 2 aliphatic rings. The number of hydrogen-bond acceptors (Lipinski definition) is 5. The fraction of sp³-hybridized carbons (Fsp3) is 0.500. The maximum atomic E-state index is 9.92. The number of nitrogens with one attached hydrogen (secondary N) is 1. The van der Waals surface area contributed by atoms with Gasteiger partial charge in [-0.1, -0.05) is 12.2 Å². The zero-order chi connectivity index (χ0) is 15.0. The first kappa shape index (κ1) is 14.4. The average Bonchev–Trinajstić information content (AvgIpc) is 2.90. The molecule has 1 aliphatic heterocycles. The Morgan fingerprint density at radius 3 is 2.95 bits per heavy atom. The van der Waals surface area contributed by atoms with Gasteiger partial charge in [0.1, 0.15) is 0 Å². The molecule has 0 bridgehead atoms. The van der Waals surface area contributed by atoms with Crippen molar-refractivity contribution in [1.82, 2.24) is 5.32 Å². The van der Waals surface area contributed by atoms with Crippen LogP contribution in [-0.4, -0.2) is 41.1 Å². The van der Waals surface area contributed by atoms with E-state index in [0.29, 0.717) is 17.7 Å². The molecular weight excluding hydrogens is 270 g/mol. The molecule has 3 rings (SSSR count). The Labute approximate surface area is 123 Å². The van der Waals surface area contributed by atoms with Gasteiger partial charge >= 0.3 is 0 Å². The van der Waals surface area contributed by atoms with Gasteiger partial charge in [-0.25, -0.2) is 0 Å². The van der Waals surface area contributed by atoms with Crippen LogP contribution < -0.4 is 10.1 Å². The summed E-state index contributed by atoms with van der Waals surface area (Å²) in [5, 5.41) is 32.9. The van der Waals surface area contributed by atoms with Gasteiger partial charge in [-0.05, 0) is 42.6 Å². The molecule has 1 aromatic rings. The molecule has 0 radical (unpaired) electrons. The third kappa shape index (κ3) is 2.21. The van der Waals surface area contributed by atoms with Crippen molar-refractivity contribution in [3.63, 3.8) is 0 Å². The first-order chi connectivity index (χ1) is 10.1. The number of rotatable bonds is 3. The molecule has 0 spiro atoms. The molecule has 1 heterocycles. The Morgan fingerprint density at radius 1 is 1.43 bits per heavy atom. The molecule has 5 heteroatoms. The van der Waals surface area contributed by atoms with Crippen LogP contribution in [0.3, 0.4) is 0 Å². The van der Waals surface area contributed by atoms with Crippen LogP contribution in [0.5, 0.6) is 11.5 Å². The number of aromatic hydroxyl groups is 1. The minimum atomic E-state index is -0.440. The highest BCUT2D eigenvalue weighted by atomic mass is 16.5. The maximum absolute atomic E-state index is 9.92. The second kappa shape index (κ2) is 5.33. The van der Waals surface area contributed by atoms with Crippen LogP contribution in [0, 0.1) is 0 Å². The molecule has 5 nitrogen and oxygen atoms in total. The van der Waals surface area contributed by atoms with Crippen LogP contribution in [0.15, 0.2) is 24.3 Å². The van der Waals surface area contributed by atoms with Crippen LogP contribution in [0.4, 0.5) is 0 Å². The van der Waals surface area contributed by atoms with E-state index >= 15 is 0 Å². The first-order valence-corrected chi connectivity index (χ1v) is 7.22. The van der Waals surface area contributed by atoms with E-state index in [0.717, 1.165) is 18.5 Å². The molecule has 0 saturated carbocycles. The monoisotopic (exact) mass is 291 g/mol. The number of phenols is 1. The summed E-state index contributed by atoms with van der Waals surface area (Å²) >= 11 is 0. The van der Waals surface area contributed by atoms with Gasteiger partial charge in [0.25, 0.3) is 0 Å². The number of phenolic OH excluding ortho intramolecular Hbond substituents is 1. The fourth-order valence-corrected chi connectivity index (χ4v) is 3.66. The molecule has 3 atom stereocenters. The third-order valence-electron chi connectivity index (χ3n) is 4.72. The third-order valence-corrected chi connectivity index (χ3v) is 4.72. The van der Waals surface area contributed by atoms with Gasteiger partial charge in [-0.2, -0.15) is 0 Å². The normalized spacial score (nSPS) is 31.2. The Kier molecular flexibility index (Phi) is 3.65. The van der Waals surface area contributed by atoms with E-state index in [9.17, 15) is 15.3 Å². The highest BCUT2D eigenvalue weighted by Crippen LogP contribution is 2.45. The second-order valence-electron chi connectivity index (χ2n) is 5.80. The number of ether oxygens (including phenoxy) is 1. The molecule has 4 N–H and O–H groups in total. The molecule has 3 unspecified atom stereocenters. The predicted octanol–water partition coefficient (Wildman–Crippen LogP) is 0.814. The number of fused-ring (bicyclic) bond motifs is 1. The second-order valence-corrected chi connectivity index (χ2v) is 5.80. The first-order valence-electron chi connectivity index (χ1n) is 7.22. The van der Waals surface area contributed by atoms with Crippen LogP contribution in [0.1, 0.15) is 24.0 Å². The lowest BCUT2D eigenvalue weighted by Crippen LogP contribution is -2.44. The molecule has 1 saturated heterocycles. The summed E-state index contributed by atoms with van der Waals surface area (Å²) in [5.41, 5.74) is 1.39. The van der Waals surface area contributed by atoms with E-state index < -0.39 is 6.10 Å². The summed E-state index contributed by atoms with van der Waals surface area (Å²) in [5.74, 6) is 0.436. The van der Waals surface area contributed by atoms with Gasteiger partial charge in [-0.15, -0.1) is 0 Å². The van der Waals surface area contributed by atoms with E-state index in [2.05, 4.69) is 5.32 Å². The summed E-state index contributed by atoms with van der Waals surface area (Å²) in [6, 6.07) is 3.50. The number of benzene rings is 1. The number of aliphatic hydroxyl groups is 2. The van der Waals surface area contributed by atoms with Gasteiger partial charge < -0.3 is 25.4 Å². The molecule has 114 valence electrons. The van der Waals surface area contributed by atoms with E-state index in [1.54, 1.807) is 6.07 Å². The van der Waals surface area contributed by atoms with Crippen molar-refractivity contribution in [3.05, 3.63) is 35.4 Å². The summed E-state index contributed by atoms with van der Waals surface area (Å²) in [7, 11) is 1.51. The SMILES string of the molecule is COc1cc(C23C=CC(O)CC2NCC3)c(CO)cc1O. The lowest BCUT2D eigenvalue weighted by molar-refractivity contribution is 0.174. The van der Waals surface area contributed by atoms with Gasteiger partial charge in [0.05, 0.1) is 19.8 Å². The van der Waals surface area contributed by atoms with Gasteiger partial charge in [-0.3, -0.25) is 0 Å². The smallest absolute Gasteiger partial charge is 0.160 e.